The second kappa shape index (κ2) is 4.71. The molecule has 0 aromatic carbocycles. The lowest BCUT2D eigenvalue weighted by Gasteiger charge is -2.04. The minimum absolute atomic E-state index is 0.143. The molecule has 0 amide bonds. The van der Waals surface area contributed by atoms with E-state index in [1.54, 1.807) is 11.3 Å². The molecule has 4 nitrogen and oxygen atoms in total. The number of aryl methyl sites for hydroxylation is 1. The molecule has 2 heterocycles. The molecular formula is C12H14N2O2S. The van der Waals surface area contributed by atoms with Gasteiger partial charge in [0.25, 0.3) is 0 Å². The first-order valence-corrected chi connectivity index (χ1v) is 6.25. The van der Waals surface area contributed by atoms with Gasteiger partial charge in [0.15, 0.2) is 0 Å². The summed E-state index contributed by atoms with van der Waals surface area (Å²) in [6.45, 7) is 1.92. The molecule has 0 atom stereocenters. The van der Waals surface area contributed by atoms with E-state index in [1.165, 1.54) is 0 Å². The third-order valence-corrected chi connectivity index (χ3v) is 3.60. The Morgan fingerprint density at radius 1 is 1.59 bits per heavy atom. The lowest BCUT2D eigenvalue weighted by molar-refractivity contribution is -0.136. The number of carboxylic acids is 1. The van der Waals surface area contributed by atoms with E-state index in [0.717, 1.165) is 22.1 Å². The minimum atomic E-state index is -0.775. The van der Waals surface area contributed by atoms with Crippen molar-refractivity contribution in [2.75, 3.05) is 0 Å². The van der Waals surface area contributed by atoms with Gasteiger partial charge >= 0.3 is 5.97 Å². The highest BCUT2D eigenvalue weighted by molar-refractivity contribution is 7.13. The Bertz CT molecular complexity index is 529. The molecule has 1 N–H and O–H groups in total. The molecule has 2 rings (SSSR count). The second-order valence-electron chi connectivity index (χ2n) is 3.90. The number of hydrogen-bond acceptors (Lipinski definition) is 3. The van der Waals surface area contributed by atoms with Crippen molar-refractivity contribution in [3.63, 3.8) is 0 Å². The lowest BCUT2D eigenvalue weighted by atomic mass is 10.2. The third kappa shape index (κ3) is 2.39. The molecular weight excluding hydrogens is 236 g/mol. The van der Waals surface area contributed by atoms with Crippen LogP contribution in [0.5, 0.6) is 0 Å². The van der Waals surface area contributed by atoms with E-state index in [-0.39, 0.29) is 6.42 Å². The van der Waals surface area contributed by atoms with Crippen molar-refractivity contribution < 1.29 is 9.90 Å². The SMILES string of the molecule is Cc1nc(-c2cccs2)n(C)c1CCC(=O)O. The van der Waals surface area contributed by atoms with Crippen LogP contribution < -0.4 is 0 Å². The third-order valence-electron chi connectivity index (χ3n) is 2.73. The Hall–Kier alpha value is -1.62. The van der Waals surface area contributed by atoms with Crippen LogP contribution in [-0.4, -0.2) is 20.6 Å². The molecule has 2 aromatic heterocycles. The zero-order valence-corrected chi connectivity index (χ0v) is 10.6. The predicted octanol–water partition coefficient (Wildman–Crippen LogP) is 2.47. The first-order chi connectivity index (χ1) is 8.09. The average Bonchev–Trinajstić information content (AvgIpc) is 2.85. The Morgan fingerprint density at radius 3 is 2.94 bits per heavy atom. The molecule has 0 radical (unpaired) electrons. The molecule has 0 fully saturated rings. The van der Waals surface area contributed by atoms with Gasteiger partial charge in [-0.1, -0.05) is 6.07 Å². The predicted molar refractivity (Wildman–Crippen MR) is 67.2 cm³/mol. The van der Waals surface area contributed by atoms with Crippen LogP contribution in [0.25, 0.3) is 10.7 Å². The molecule has 2 aromatic rings. The van der Waals surface area contributed by atoms with E-state index >= 15 is 0 Å². The molecule has 0 unspecified atom stereocenters. The largest absolute Gasteiger partial charge is 0.481 e. The van der Waals surface area contributed by atoms with Crippen LogP contribution in [0.2, 0.25) is 0 Å². The van der Waals surface area contributed by atoms with Gasteiger partial charge in [0, 0.05) is 12.7 Å². The van der Waals surface area contributed by atoms with Gasteiger partial charge in [0.2, 0.25) is 0 Å². The number of hydrogen-bond donors (Lipinski definition) is 1. The molecule has 0 aliphatic heterocycles. The molecule has 0 saturated carbocycles. The number of carbonyl (C=O) groups is 1. The maximum atomic E-state index is 10.6. The van der Waals surface area contributed by atoms with Crippen molar-refractivity contribution in [1.29, 1.82) is 0 Å². The lowest BCUT2D eigenvalue weighted by Crippen LogP contribution is -2.03. The van der Waals surface area contributed by atoms with E-state index in [2.05, 4.69) is 4.98 Å². The molecule has 0 aliphatic rings. The van der Waals surface area contributed by atoms with Gasteiger partial charge < -0.3 is 9.67 Å². The van der Waals surface area contributed by atoms with Crippen LogP contribution >= 0.6 is 11.3 Å². The minimum Gasteiger partial charge on any atom is -0.481 e. The summed E-state index contributed by atoms with van der Waals surface area (Å²) in [5.74, 6) is 0.140. The standard InChI is InChI=1S/C12H14N2O2S/c1-8-9(5-6-11(15)16)14(2)12(13-8)10-4-3-7-17-10/h3-4,7H,5-6H2,1-2H3,(H,15,16). The Kier molecular flexibility index (Phi) is 3.28. The van der Waals surface area contributed by atoms with Crippen molar-refractivity contribution in [1.82, 2.24) is 9.55 Å². The number of carboxylic acid groups (broad SMARTS) is 1. The zero-order chi connectivity index (χ0) is 12.4. The monoisotopic (exact) mass is 250 g/mol. The van der Waals surface area contributed by atoms with E-state index in [9.17, 15) is 4.79 Å². The number of imidazole rings is 1. The van der Waals surface area contributed by atoms with E-state index in [0.29, 0.717) is 6.42 Å². The van der Waals surface area contributed by atoms with Gasteiger partial charge in [0.1, 0.15) is 5.82 Å². The summed E-state index contributed by atoms with van der Waals surface area (Å²) < 4.78 is 1.99. The summed E-state index contributed by atoms with van der Waals surface area (Å²) in [4.78, 5) is 16.2. The Labute approximate surface area is 104 Å². The molecule has 0 spiro atoms. The Balaban J connectivity index is 2.32. The van der Waals surface area contributed by atoms with Crippen molar-refractivity contribution >= 4 is 17.3 Å². The topological polar surface area (TPSA) is 55.1 Å². The molecule has 0 aliphatic carbocycles. The van der Waals surface area contributed by atoms with Gasteiger partial charge in [-0.25, -0.2) is 4.98 Å². The van der Waals surface area contributed by atoms with Gasteiger partial charge in [0.05, 0.1) is 17.0 Å². The summed E-state index contributed by atoms with van der Waals surface area (Å²) in [5, 5.41) is 10.7. The van der Waals surface area contributed by atoms with E-state index in [1.807, 2.05) is 36.1 Å². The smallest absolute Gasteiger partial charge is 0.303 e. The quantitative estimate of drug-likeness (QED) is 0.907. The van der Waals surface area contributed by atoms with Crippen LogP contribution in [0.15, 0.2) is 17.5 Å². The number of aromatic nitrogens is 2. The van der Waals surface area contributed by atoms with Gasteiger partial charge in [-0.2, -0.15) is 0 Å². The summed E-state index contributed by atoms with van der Waals surface area (Å²) in [5.41, 5.74) is 1.91. The van der Waals surface area contributed by atoms with Crippen LogP contribution in [0.4, 0.5) is 0 Å². The molecule has 0 saturated heterocycles. The fraction of sp³-hybridized carbons (Fsp3) is 0.333. The highest BCUT2D eigenvalue weighted by Crippen LogP contribution is 2.25. The van der Waals surface area contributed by atoms with E-state index in [4.69, 9.17) is 5.11 Å². The first kappa shape index (κ1) is 11.9. The van der Waals surface area contributed by atoms with Gasteiger partial charge in [-0.3, -0.25) is 4.79 Å². The van der Waals surface area contributed by atoms with E-state index < -0.39 is 5.97 Å². The van der Waals surface area contributed by atoms with Gasteiger partial charge in [-0.05, 0) is 24.8 Å². The fourth-order valence-electron chi connectivity index (χ4n) is 1.87. The number of aliphatic carboxylic acids is 1. The normalized spacial score (nSPS) is 10.7. The number of nitrogens with zero attached hydrogens (tertiary/aromatic N) is 2. The second-order valence-corrected chi connectivity index (χ2v) is 4.85. The van der Waals surface area contributed by atoms with Crippen LogP contribution in [0.1, 0.15) is 17.8 Å². The number of rotatable bonds is 4. The summed E-state index contributed by atoms with van der Waals surface area (Å²) >= 11 is 1.64. The van der Waals surface area contributed by atoms with Crippen molar-refractivity contribution in [3.05, 3.63) is 28.9 Å². The van der Waals surface area contributed by atoms with Crippen LogP contribution in [0, 0.1) is 6.92 Å². The molecule has 90 valence electrons. The average molecular weight is 250 g/mol. The summed E-state index contributed by atoms with van der Waals surface area (Å²) in [7, 11) is 1.94. The summed E-state index contributed by atoms with van der Waals surface area (Å²) in [6.07, 6.45) is 0.667. The molecule has 0 bridgehead atoms. The number of thiophene rings is 1. The van der Waals surface area contributed by atoms with Crippen molar-refractivity contribution in [2.45, 2.75) is 19.8 Å². The summed E-state index contributed by atoms with van der Waals surface area (Å²) in [6, 6.07) is 4.01. The maximum absolute atomic E-state index is 10.6. The Morgan fingerprint density at radius 2 is 2.35 bits per heavy atom. The van der Waals surface area contributed by atoms with Crippen LogP contribution in [0.3, 0.4) is 0 Å². The highest BCUT2D eigenvalue weighted by Gasteiger charge is 2.14. The maximum Gasteiger partial charge on any atom is 0.303 e. The molecule has 5 heteroatoms. The van der Waals surface area contributed by atoms with Crippen LogP contribution in [-0.2, 0) is 18.3 Å². The fourth-order valence-corrected chi connectivity index (χ4v) is 2.62. The van der Waals surface area contributed by atoms with Crippen molar-refractivity contribution in [3.8, 4) is 10.7 Å². The first-order valence-electron chi connectivity index (χ1n) is 5.37. The zero-order valence-electron chi connectivity index (χ0n) is 9.80. The van der Waals surface area contributed by atoms with Crippen molar-refractivity contribution in [2.24, 2.45) is 7.05 Å². The molecule has 17 heavy (non-hydrogen) atoms. The highest BCUT2D eigenvalue weighted by atomic mass is 32.1. The van der Waals surface area contributed by atoms with Gasteiger partial charge in [-0.15, -0.1) is 11.3 Å².